The van der Waals surface area contributed by atoms with Gasteiger partial charge in [0.25, 0.3) is 5.56 Å². The molecule has 7 heteroatoms. The molecule has 2 heterocycles. The summed E-state index contributed by atoms with van der Waals surface area (Å²) in [7, 11) is 0. The van der Waals surface area contributed by atoms with Crippen molar-refractivity contribution in [3.63, 3.8) is 0 Å². The minimum atomic E-state index is -0.967. The van der Waals surface area contributed by atoms with Gasteiger partial charge >= 0.3 is 5.97 Å². The first-order valence-electron chi connectivity index (χ1n) is 4.03. The molecule has 0 amide bonds. The van der Waals surface area contributed by atoms with Crippen LogP contribution in [0.1, 0.15) is 0 Å². The number of carbonyl (C=O) groups is 1. The van der Waals surface area contributed by atoms with E-state index in [-0.39, 0.29) is 12.1 Å². The molecule has 0 saturated carbocycles. The van der Waals surface area contributed by atoms with Gasteiger partial charge in [0.15, 0.2) is 0 Å². The standard InChI is InChI=1S/C8H6IN3O3/c9-4-1-12(2-5(13)14)7-6(4)8(15)11-3-10-7/h1,3H,2H2,(H,13,14)(H,10,11,15). The first kappa shape index (κ1) is 10.1. The zero-order valence-corrected chi connectivity index (χ0v) is 9.56. The Morgan fingerprint density at radius 3 is 3.07 bits per heavy atom. The van der Waals surface area contributed by atoms with E-state index in [4.69, 9.17) is 5.11 Å². The average Bonchev–Trinajstić information content (AvgIpc) is 2.44. The van der Waals surface area contributed by atoms with E-state index in [1.54, 1.807) is 6.20 Å². The second-order valence-electron chi connectivity index (χ2n) is 2.93. The van der Waals surface area contributed by atoms with Gasteiger partial charge in [-0.3, -0.25) is 9.59 Å². The molecular weight excluding hydrogens is 313 g/mol. The Kier molecular flexibility index (Phi) is 2.47. The van der Waals surface area contributed by atoms with Crippen LogP contribution in [0.15, 0.2) is 17.3 Å². The summed E-state index contributed by atoms with van der Waals surface area (Å²) in [5.74, 6) is -0.967. The zero-order chi connectivity index (χ0) is 11.0. The number of nitrogens with zero attached hydrogens (tertiary/aromatic N) is 2. The monoisotopic (exact) mass is 319 g/mol. The molecule has 2 aromatic heterocycles. The number of carboxylic acid groups (broad SMARTS) is 1. The molecule has 0 fully saturated rings. The normalized spacial score (nSPS) is 10.7. The van der Waals surface area contributed by atoms with E-state index in [2.05, 4.69) is 9.97 Å². The molecule has 0 bridgehead atoms. The molecule has 0 saturated heterocycles. The number of fused-ring (bicyclic) bond motifs is 1. The van der Waals surface area contributed by atoms with Gasteiger partial charge in [0.05, 0.1) is 11.7 Å². The highest BCUT2D eigenvalue weighted by molar-refractivity contribution is 14.1. The highest BCUT2D eigenvalue weighted by atomic mass is 127. The lowest BCUT2D eigenvalue weighted by Gasteiger charge is -1.98. The van der Waals surface area contributed by atoms with Gasteiger partial charge in [-0.15, -0.1) is 0 Å². The summed E-state index contributed by atoms with van der Waals surface area (Å²) in [4.78, 5) is 28.4. The van der Waals surface area contributed by atoms with Crippen LogP contribution in [-0.4, -0.2) is 25.6 Å². The number of nitrogens with one attached hydrogen (secondary N) is 1. The Morgan fingerprint density at radius 2 is 2.40 bits per heavy atom. The molecule has 0 atom stereocenters. The van der Waals surface area contributed by atoms with Crippen molar-refractivity contribution in [2.45, 2.75) is 6.54 Å². The molecule has 0 aliphatic heterocycles. The number of aromatic nitrogens is 3. The molecule has 2 rings (SSSR count). The molecule has 6 nitrogen and oxygen atoms in total. The Morgan fingerprint density at radius 1 is 1.67 bits per heavy atom. The second kappa shape index (κ2) is 3.65. The lowest BCUT2D eigenvalue weighted by Crippen LogP contribution is -2.10. The number of hydrogen-bond donors (Lipinski definition) is 2. The third-order valence-electron chi connectivity index (χ3n) is 1.92. The Bertz CT molecular complexity index is 586. The van der Waals surface area contributed by atoms with Gasteiger partial charge in [-0.1, -0.05) is 0 Å². The highest BCUT2D eigenvalue weighted by Crippen LogP contribution is 2.16. The summed E-state index contributed by atoms with van der Waals surface area (Å²) in [6, 6.07) is 0. The van der Waals surface area contributed by atoms with Crippen molar-refractivity contribution < 1.29 is 9.90 Å². The summed E-state index contributed by atoms with van der Waals surface area (Å²) in [6.07, 6.45) is 2.86. The maximum Gasteiger partial charge on any atom is 0.323 e. The molecule has 0 aliphatic rings. The SMILES string of the molecule is O=C(O)Cn1cc(I)c2c(=O)[nH]cnc21. The molecule has 0 aromatic carbocycles. The minimum absolute atomic E-state index is 0.198. The largest absolute Gasteiger partial charge is 0.480 e. The number of hydrogen-bond acceptors (Lipinski definition) is 3. The van der Waals surface area contributed by atoms with Gasteiger partial charge in [0.2, 0.25) is 0 Å². The number of aliphatic carboxylic acids is 1. The lowest BCUT2D eigenvalue weighted by atomic mass is 10.4. The van der Waals surface area contributed by atoms with E-state index in [1.807, 2.05) is 22.6 Å². The van der Waals surface area contributed by atoms with Crippen LogP contribution in [0, 0.1) is 3.57 Å². The van der Waals surface area contributed by atoms with Crippen molar-refractivity contribution in [3.05, 3.63) is 26.4 Å². The number of H-pyrrole nitrogens is 1. The Hall–Kier alpha value is -1.38. The molecule has 2 aromatic rings. The molecule has 2 N–H and O–H groups in total. The molecule has 0 radical (unpaired) electrons. The molecule has 0 aliphatic carbocycles. The van der Waals surface area contributed by atoms with Crippen LogP contribution >= 0.6 is 22.6 Å². The van der Waals surface area contributed by atoms with Crippen LogP contribution in [0.5, 0.6) is 0 Å². The summed E-state index contributed by atoms with van der Waals surface area (Å²) in [6.45, 7) is -0.198. The summed E-state index contributed by atoms with van der Waals surface area (Å²) < 4.78 is 2.13. The van der Waals surface area contributed by atoms with Gasteiger partial charge < -0.3 is 14.7 Å². The first-order chi connectivity index (χ1) is 7.09. The van der Waals surface area contributed by atoms with Crippen LogP contribution in [0.3, 0.4) is 0 Å². The minimum Gasteiger partial charge on any atom is -0.480 e. The predicted molar refractivity (Wildman–Crippen MR) is 60.7 cm³/mol. The fraction of sp³-hybridized carbons (Fsp3) is 0.125. The fourth-order valence-corrected chi connectivity index (χ4v) is 2.17. The van der Waals surface area contributed by atoms with E-state index < -0.39 is 5.97 Å². The maximum absolute atomic E-state index is 11.4. The quantitative estimate of drug-likeness (QED) is 0.785. The van der Waals surface area contributed by atoms with Crippen molar-refractivity contribution in [1.29, 1.82) is 0 Å². The summed E-state index contributed by atoms with van der Waals surface area (Å²) in [5.41, 5.74) is 0.138. The number of rotatable bonds is 2. The van der Waals surface area contributed by atoms with Crippen molar-refractivity contribution in [3.8, 4) is 0 Å². The molecule has 0 unspecified atom stereocenters. The van der Waals surface area contributed by atoms with E-state index in [9.17, 15) is 9.59 Å². The Labute approximate surface area is 97.1 Å². The molecular formula is C8H6IN3O3. The van der Waals surface area contributed by atoms with Crippen molar-refractivity contribution in [2.24, 2.45) is 0 Å². The highest BCUT2D eigenvalue weighted by Gasteiger charge is 2.12. The number of aromatic amines is 1. The van der Waals surface area contributed by atoms with Gasteiger partial charge in [-0.05, 0) is 22.6 Å². The van der Waals surface area contributed by atoms with Gasteiger partial charge in [0, 0.05) is 9.77 Å². The first-order valence-corrected chi connectivity index (χ1v) is 5.11. The van der Waals surface area contributed by atoms with Crippen molar-refractivity contribution in [1.82, 2.24) is 14.5 Å². The van der Waals surface area contributed by atoms with Crippen LogP contribution in [0.25, 0.3) is 11.0 Å². The number of halogens is 1. The van der Waals surface area contributed by atoms with Crippen LogP contribution < -0.4 is 5.56 Å². The summed E-state index contributed by atoms with van der Waals surface area (Å²) >= 11 is 1.98. The lowest BCUT2D eigenvalue weighted by molar-refractivity contribution is -0.137. The van der Waals surface area contributed by atoms with E-state index in [1.165, 1.54) is 10.9 Å². The van der Waals surface area contributed by atoms with Gasteiger partial charge in [0.1, 0.15) is 12.2 Å². The van der Waals surface area contributed by atoms with Crippen LogP contribution in [0.2, 0.25) is 0 Å². The fourth-order valence-electron chi connectivity index (χ4n) is 1.35. The van der Waals surface area contributed by atoms with Crippen molar-refractivity contribution in [2.75, 3.05) is 0 Å². The van der Waals surface area contributed by atoms with E-state index >= 15 is 0 Å². The van der Waals surface area contributed by atoms with E-state index in [0.717, 1.165) is 0 Å². The average molecular weight is 319 g/mol. The zero-order valence-electron chi connectivity index (χ0n) is 7.40. The van der Waals surface area contributed by atoms with Crippen molar-refractivity contribution >= 4 is 39.6 Å². The third kappa shape index (κ3) is 1.74. The topological polar surface area (TPSA) is 88.0 Å². The number of carboxylic acids is 1. The maximum atomic E-state index is 11.4. The summed E-state index contributed by atoms with van der Waals surface area (Å²) in [5, 5.41) is 9.10. The van der Waals surface area contributed by atoms with E-state index in [0.29, 0.717) is 14.6 Å². The van der Waals surface area contributed by atoms with Crippen LogP contribution in [0.4, 0.5) is 0 Å². The predicted octanol–water partition coefficient (Wildman–Crippen LogP) is 0.414. The molecule has 0 spiro atoms. The smallest absolute Gasteiger partial charge is 0.323 e. The van der Waals surface area contributed by atoms with Gasteiger partial charge in [-0.2, -0.15) is 0 Å². The molecule has 15 heavy (non-hydrogen) atoms. The van der Waals surface area contributed by atoms with Crippen LogP contribution in [-0.2, 0) is 11.3 Å². The third-order valence-corrected chi connectivity index (χ3v) is 2.74. The Balaban J connectivity index is 2.73. The molecule has 78 valence electrons. The van der Waals surface area contributed by atoms with Gasteiger partial charge in [-0.25, -0.2) is 4.98 Å². The second-order valence-corrected chi connectivity index (χ2v) is 4.09.